The van der Waals surface area contributed by atoms with Crippen molar-refractivity contribution >= 4 is 33.4 Å². The largest absolute Gasteiger partial charge is 0.334 e. The zero-order valence-corrected chi connectivity index (χ0v) is 12.6. The van der Waals surface area contributed by atoms with E-state index in [9.17, 15) is 13.6 Å². The van der Waals surface area contributed by atoms with Crippen molar-refractivity contribution < 1.29 is 13.6 Å². The van der Waals surface area contributed by atoms with Crippen LogP contribution in [-0.2, 0) is 0 Å². The summed E-state index contributed by atoms with van der Waals surface area (Å²) in [5.41, 5.74) is -0.262. The van der Waals surface area contributed by atoms with Crippen LogP contribution in [0, 0.1) is 17.6 Å². The highest BCUT2D eigenvalue weighted by Gasteiger charge is 2.35. The molecule has 2 nitrogen and oxygen atoms in total. The number of alkyl halides is 1. The Hall–Kier alpha value is -0.680. The molecule has 0 aromatic heterocycles. The Bertz CT molecular complexity index is 512. The number of nitrogens with zero attached hydrogens (tertiary/aromatic N) is 1. The van der Waals surface area contributed by atoms with Gasteiger partial charge in [-0.1, -0.05) is 34.5 Å². The zero-order chi connectivity index (χ0) is 14.2. The van der Waals surface area contributed by atoms with E-state index in [1.54, 1.807) is 4.90 Å². The van der Waals surface area contributed by atoms with Crippen LogP contribution in [-0.4, -0.2) is 28.7 Å². The standard InChI is InChI=1S/C13H13BrClF2NO/c1-7-2-3-18(12(7)6-14)13(19)8-4-11(17)9(15)5-10(8)16/h4-5,7,12H,2-3,6H2,1H3. The van der Waals surface area contributed by atoms with Crippen molar-refractivity contribution in [2.75, 3.05) is 11.9 Å². The highest BCUT2D eigenvalue weighted by molar-refractivity contribution is 9.09. The molecule has 1 aromatic carbocycles. The topological polar surface area (TPSA) is 20.3 Å². The van der Waals surface area contributed by atoms with Crippen LogP contribution < -0.4 is 0 Å². The summed E-state index contributed by atoms with van der Waals surface area (Å²) >= 11 is 8.84. The summed E-state index contributed by atoms with van der Waals surface area (Å²) in [6.07, 6.45) is 0.861. The van der Waals surface area contributed by atoms with Gasteiger partial charge >= 0.3 is 0 Å². The molecule has 1 aliphatic rings. The van der Waals surface area contributed by atoms with Crippen molar-refractivity contribution in [3.63, 3.8) is 0 Å². The Kier molecular flexibility index (Phi) is 4.46. The summed E-state index contributed by atoms with van der Waals surface area (Å²) in [6.45, 7) is 2.60. The number of rotatable bonds is 2. The molecule has 1 saturated heterocycles. The summed E-state index contributed by atoms with van der Waals surface area (Å²) in [6, 6.07) is 1.71. The number of halogens is 4. The minimum Gasteiger partial charge on any atom is -0.334 e. The lowest BCUT2D eigenvalue weighted by molar-refractivity contribution is 0.0733. The summed E-state index contributed by atoms with van der Waals surface area (Å²) in [5, 5.41) is 0.304. The van der Waals surface area contributed by atoms with Gasteiger partial charge in [-0.2, -0.15) is 0 Å². The lowest BCUT2D eigenvalue weighted by atomic mass is 10.0. The van der Waals surface area contributed by atoms with Crippen LogP contribution in [0.25, 0.3) is 0 Å². The molecule has 104 valence electrons. The first-order valence-corrected chi connectivity index (χ1v) is 7.47. The molecule has 1 heterocycles. The smallest absolute Gasteiger partial charge is 0.257 e. The predicted molar refractivity (Wildman–Crippen MR) is 73.8 cm³/mol. The third-order valence-electron chi connectivity index (χ3n) is 3.54. The molecule has 0 radical (unpaired) electrons. The van der Waals surface area contributed by atoms with Crippen molar-refractivity contribution in [2.45, 2.75) is 19.4 Å². The maximum Gasteiger partial charge on any atom is 0.257 e. The summed E-state index contributed by atoms with van der Waals surface area (Å²) < 4.78 is 27.1. The molecule has 0 N–H and O–H groups in total. The molecule has 19 heavy (non-hydrogen) atoms. The first kappa shape index (κ1) is 14.7. The van der Waals surface area contributed by atoms with Gasteiger partial charge in [0.15, 0.2) is 0 Å². The van der Waals surface area contributed by atoms with Gasteiger partial charge in [0.05, 0.1) is 10.6 Å². The number of amides is 1. The van der Waals surface area contributed by atoms with Gasteiger partial charge in [-0.3, -0.25) is 4.79 Å². The van der Waals surface area contributed by atoms with E-state index in [-0.39, 0.29) is 16.6 Å². The van der Waals surface area contributed by atoms with Crippen LogP contribution in [0.3, 0.4) is 0 Å². The quantitative estimate of drug-likeness (QED) is 0.584. The first-order chi connectivity index (χ1) is 8.95. The number of carbonyl (C=O) groups is 1. The lowest BCUT2D eigenvalue weighted by Crippen LogP contribution is -2.39. The van der Waals surface area contributed by atoms with Gasteiger partial charge < -0.3 is 4.90 Å². The van der Waals surface area contributed by atoms with Crippen LogP contribution in [0.15, 0.2) is 12.1 Å². The van der Waals surface area contributed by atoms with E-state index >= 15 is 0 Å². The fourth-order valence-corrected chi connectivity index (χ4v) is 3.47. The molecule has 0 spiro atoms. The van der Waals surface area contributed by atoms with Crippen LogP contribution in [0.1, 0.15) is 23.7 Å². The van der Waals surface area contributed by atoms with E-state index in [1.165, 1.54) is 0 Å². The lowest BCUT2D eigenvalue weighted by Gasteiger charge is -2.25. The molecule has 2 rings (SSSR count). The highest BCUT2D eigenvalue weighted by atomic mass is 79.9. The number of carbonyl (C=O) groups excluding carboxylic acids is 1. The fraction of sp³-hybridized carbons (Fsp3) is 0.462. The Morgan fingerprint density at radius 3 is 2.79 bits per heavy atom. The Balaban J connectivity index is 2.32. The SMILES string of the molecule is CC1CCN(C(=O)c2cc(F)c(Cl)cc2F)C1CBr. The third kappa shape index (κ3) is 2.77. The van der Waals surface area contributed by atoms with Crippen molar-refractivity contribution in [1.29, 1.82) is 0 Å². The molecule has 1 aliphatic heterocycles. The Labute approximate surface area is 123 Å². The Morgan fingerprint density at radius 1 is 1.47 bits per heavy atom. The monoisotopic (exact) mass is 351 g/mol. The van der Waals surface area contributed by atoms with Gasteiger partial charge in [-0.15, -0.1) is 0 Å². The average molecular weight is 353 g/mol. The van der Waals surface area contributed by atoms with Gasteiger partial charge in [0, 0.05) is 17.9 Å². The van der Waals surface area contributed by atoms with E-state index in [0.717, 1.165) is 18.6 Å². The molecular formula is C13H13BrClF2NO. The number of benzene rings is 1. The molecule has 1 aromatic rings. The van der Waals surface area contributed by atoms with Gasteiger partial charge in [0.2, 0.25) is 0 Å². The molecule has 2 atom stereocenters. The second-order valence-electron chi connectivity index (χ2n) is 4.73. The first-order valence-electron chi connectivity index (χ1n) is 5.97. The van der Waals surface area contributed by atoms with Crippen molar-refractivity contribution in [3.8, 4) is 0 Å². The molecule has 0 bridgehead atoms. The minimum absolute atomic E-state index is 0.00522. The van der Waals surface area contributed by atoms with Crippen LogP contribution in [0.4, 0.5) is 8.78 Å². The normalized spacial score (nSPS) is 22.9. The van der Waals surface area contributed by atoms with Crippen LogP contribution >= 0.6 is 27.5 Å². The molecule has 1 fully saturated rings. The fourth-order valence-electron chi connectivity index (χ4n) is 2.34. The number of likely N-dealkylation sites (tertiary alicyclic amines) is 1. The maximum atomic E-state index is 13.8. The molecule has 0 saturated carbocycles. The number of hydrogen-bond acceptors (Lipinski definition) is 1. The second-order valence-corrected chi connectivity index (χ2v) is 5.79. The second kappa shape index (κ2) is 5.75. The summed E-state index contributed by atoms with van der Waals surface area (Å²) in [4.78, 5) is 13.9. The van der Waals surface area contributed by atoms with Gasteiger partial charge in [0.1, 0.15) is 11.6 Å². The summed E-state index contributed by atoms with van der Waals surface area (Å²) in [5.74, 6) is -1.72. The van der Waals surface area contributed by atoms with Gasteiger partial charge in [-0.05, 0) is 24.5 Å². The number of hydrogen-bond donors (Lipinski definition) is 0. The van der Waals surface area contributed by atoms with Crippen molar-refractivity contribution in [2.24, 2.45) is 5.92 Å². The molecule has 6 heteroatoms. The summed E-state index contributed by atoms with van der Waals surface area (Å²) in [7, 11) is 0. The molecule has 2 unspecified atom stereocenters. The highest BCUT2D eigenvalue weighted by Crippen LogP contribution is 2.28. The molecule has 1 amide bonds. The van der Waals surface area contributed by atoms with Gasteiger partial charge in [0.25, 0.3) is 5.91 Å². The average Bonchev–Trinajstić information content (AvgIpc) is 2.74. The molecular weight excluding hydrogens is 340 g/mol. The van der Waals surface area contributed by atoms with E-state index in [2.05, 4.69) is 15.9 Å². The minimum atomic E-state index is -0.788. The maximum absolute atomic E-state index is 13.8. The Morgan fingerprint density at radius 2 is 2.16 bits per heavy atom. The molecule has 0 aliphatic carbocycles. The van der Waals surface area contributed by atoms with E-state index in [0.29, 0.717) is 17.8 Å². The third-order valence-corrected chi connectivity index (χ3v) is 4.49. The predicted octanol–water partition coefficient (Wildman–Crippen LogP) is 3.86. The van der Waals surface area contributed by atoms with Crippen molar-refractivity contribution in [1.82, 2.24) is 4.90 Å². The zero-order valence-electron chi connectivity index (χ0n) is 10.3. The van der Waals surface area contributed by atoms with Gasteiger partial charge in [-0.25, -0.2) is 8.78 Å². The van der Waals surface area contributed by atoms with Crippen LogP contribution in [0.2, 0.25) is 5.02 Å². The van der Waals surface area contributed by atoms with E-state index in [1.807, 2.05) is 6.92 Å². The van der Waals surface area contributed by atoms with Crippen LogP contribution in [0.5, 0.6) is 0 Å². The van der Waals surface area contributed by atoms with Crippen molar-refractivity contribution in [3.05, 3.63) is 34.4 Å². The van der Waals surface area contributed by atoms with E-state index < -0.39 is 17.5 Å². The van der Waals surface area contributed by atoms with E-state index in [4.69, 9.17) is 11.6 Å².